The van der Waals surface area contributed by atoms with E-state index in [2.05, 4.69) is 32.2 Å². The molecule has 0 amide bonds. The first kappa shape index (κ1) is 39.1. The molecule has 3 fully saturated rings. The molecule has 0 radical (unpaired) electrons. The number of piperidine rings is 1. The number of hydrogen-bond acceptors (Lipinski definition) is 12. The van der Waals surface area contributed by atoms with E-state index in [0.29, 0.717) is 88.2 Å². The predicted molar refractivity (Wildman–Crippen MR) is 216 cm³/mol. The Hall–Kier alpha value is -4.43. The van der Waals surface area contributed by atoms with Crippen LogP contribution in [0.3, 0.4) is 0 Å². The van der Waals surface area contributed by atoms with Gasteiger partial charge in [0.2, 0.25) is 5.60 Å². The number of nitrogens with zero attached hydrogens (tertiary/aromatic N) is 2. The van der Waals surface area contributed by atoms with Crippen molar-refractivity contribution in [2.24, 2.45) is 11.3 Å². The van der Waals surface area contributed by atoms with Crippen molar-refractivity contribution >= 4 is 34.5 Å². The summed E-state index contributed by atoms with van der Waals surface area (Å²) in [5.41, 5.74) is -1.78. The largest absolute Gasteiger partial charge is 0.496 e. The highest BCUT2D eigenvalue weighted by Crippen LogP contribution is 2.67. The highest BCUT2D eigenvalue weighted by atomic mass is 16.6. The van der Waals surface area contributed by atoms with Crippen molar-refractivity contribution in [1.29, 1.82) is 0 Å². The van der Waals surface area contributed by atoms with E-state index in [0.717, 1.165) is 27.7 Å². The van der Waals surface area contributed by atoms with Crippen LogP contribution in [0.25, 0.3) is 10.9 Å². The van der Waals surface area contributed by atoms with Crippen molar-refractivity contribution in [1.82, 2.24) is 14.8 Å². The number of aromatic nitrogens is 1. The van der Waals surface area contributed by atoms with Gasteiger partial charge in [-0.25, -0.2) is 4.79 Å². The number of aliphatic hydroxyl groups is 2. The van der Waals surface area contributed by atoms with Crippen LogP contribution in [0.2, 0.25) is 0 Å². The molecule has 1 aliphatic carbocycles. The monoisotopic (exact) mass is 796 g/mol. The molecule has 2 saturated heterocycles. The second-order valence-corrected chi connectivity index (χ2v) is 17.8. The van der Waals surface area contributed by atoms with Gasteiger partial charge in [-0.1, -0.05) is 44.2 Å². The fourth-order valence-electron chi connectivity index (χ4n) is 13.0. The number of methoxy groups -OCH3 is 3. The average molecular weight is 797 g/mol. The number of carbonyl (C=O) groups excluding carboxylic acids is 3. The Morgan fingerprint density at radius 3 is 2.45 bits per heavy atom. The molecule has 1 aromatic heterocycles. The fraction of sp³-hybridized carbons (Fsp3) is 0.578. The first-order valence-electron chi connectivity index (χ1n) is 20.8. The second-order valence-electron chi connectivity index (χ2n) is 17.8. The van der Waals surface area contributed by atoms with Gasteiger partial charge in [-0.15, -0.1) is 0 Å². The van der Waals surface area contributed by atoms with Gasteiger partial charge in [0, 0.05) is 83.9 Å². The van der Waals surface area contributed by atoms with Gasteiger partial charge < -0.3 is 39.5 Å². The molecule has 13 nitrogen and oxygen atoms in total. The Balaban J connectivity index is 1.34. The van der Waals surface area contributed by atoms with Crippen molar-refractivity contribution in [2.45, 2.75) is 99.5 Å². The third-order valence-electron chi connectivity index (χ3n) is 15.2. The first-order valence-corrected chi connectivity index (χ1v) is 20.8. The van der Waals surface area contributed by atoms with Gasteiger partial charge in [-0.3, -0.25) is 19.4 Å². The Morgan fingerprint density at radius 1 is 0.966 bits per heavy atom. The zero-order valence-electron chi connectivity index (χ0n) is 34.4. The third kappa shape index (κ3) is 5.05. The van der Waals surface area contributed by atoms with Gasteiger partial charge in [0.1, 0.15) is 11.2 Å². The van der Waals surface area contributed by atoms with Crippen molar-refractivity contribution in [3.05, 3.63) is 70.9 Å². The molecule has 6 heterocycles. The Kier molecular flexibility index (Phi) is 9.12. The highest BCUT2D eigenvalue weighted by Gasteiger charge is 2.79. The number of aromatic amines is 1. The number of ether oxygens (including phenoxy) is 4. The van der Waals surface area contributed by atoms with Crippen LogP contribution in [0.4, 0.5) is 5.69 Å². The van der Waals surface area contributed by atoms with E-state index in [1.54, 1.807) is 7.11 Å². The standard InChI is InChI=1S/C45H56N4O9/c1-7-41(53)22-27-23-44(39(51)56-5,35-29(14-18-48(24-27)25-41)28-12-9-10-13-32(28)46-35)31-20-30-33(21-34(31)55-4)47-36-43(30)16-19-49-17-11-15-42(8-2,37(43)49)38(58-26(3)50)45(36,54)40(52)57-6/h9-13,15,20-21,27,36-38,46-47,53-54H,7-8,14,16-19,22-25H2,1-6H3/t27-,36+,37-,38-,41+,42-,43+,44-,45-/m1/s1. The van der Waals surface area contributed by atoms with E-state index >= 15 is 4.79 Å². The predicted octanol–water partition coefficient (Wildman–Crippen LogP) is 3.97. The highest BCUT2D eigenvalue weighted by molar-refractivity contribution is 5.95. The quantitative estimate of drug-likeness (QED) is 0.155. The first-order chi connectivity index (χ1) is 27.8. The van der Waals surface area contributed by atoms with Crippen LogP contribution >= 0.6 is 0 Å². The van der Waals surface area contributed by atoms with Crippen molar-refractivity contribution in [3.8, 4) is 5.75 Å². The van der Waals surface area contributed by atoms with Gasteiger partial charge in [-0.05, 0) is 74.2 Å². The van der Waals surface area contributed by atoms with Crippen LogP contribution in [-0.4, -0.2) is 126 Å². The minimum absolute atomic E-state index is 0.0982. The van der Waals surface area contributed by atoms with E-state index in [4.69, 9.17) is 18.9 Å². The maximum absolute atomic E-state index is 15.3. The summed E-state index contributed by atoms with van der Waals surface area (Å²) >= 11 is 0. The number of nitrogens with one attached hydrogen (secondary N) is 2. The Labute approximate surface area is 339 Å². The number of rotatable bonds is 7. The number of H-pyrrole nitrogens is 1. The lowest BCUT2D eigenvalue weighted by Gasteiger charge is -2.62. The molecule has 9 rings (SSSR count). The van der Waals surface area contributed by atoms with Crippen LogP contribution < -0.4 is 10.1 Å². The van der Waals surface area contributed by atoms with Crippen molar-refractivity contribution in [3.63, 3.8) is 0 Å². The third-order valence-corrected chi connectivity index (χ3v) is 15.2. The van der Waals surface area contributed by atoms with Gasteiger partial charge in [0.25, 0.3) is 0 Å². The minimum Gasteiger partial charge on any atom is -0.496 e. The normalized spacial score (nSPS) is 37.2. The van der Waals surface area contributed by atoms with Gasteiger partial charge >= 0.3 is 17.9 Å². The summed E-state index contributed by atoms with van der Waals surface area (Å²) in [6.45, 7) is 8.59. The lowest BCUT2D eigenvalue weighted by molar-refractivity contribution is -0.226. The molecular weight excluding hydrogens is 741 g/mol. The number of hydrogen-bond donors (Lipinski definition) is 4. The summed E-state index contributed by atoms with van der Waals surface area (Å²) in [4.78, 5) is 50.9. The molecule has 2 bridgehead atoms. The number of para-hydroxylation sites is 1. The zero-order valence-corrected chi connectivity index (χ0v) is 34.4. The lowest BCUT2D eigenvalue weighted by Crippen LogP contribution is -2.80. The van der Waals surface area contributed by atoms with Crippen LogP contribution in [-0.2, 0) is 45.8 Å². The molecule has 10 atom stereocenters. The number of anilines is 1. The van der Waals surface area contributed by atoms with Gasteiger partial charge in [0.15, 0.2) is 6.10 Å². The number of benzene rings is 2. The average Bonchev–Trinajstić information content (AvgIpc) is 3.92. The maximum atomic E-state index is 15.3. The Bertz CT molecular complexity index is 2220. The second kappa shape index (κ2) is 13.6. The molecule has 6 aliphatic rings. The number of esters is 3. The van der Waals surface area contributed by atoms with E-state index < -0.39 is 57.5 Å². The van der Waals surface area contributed by atoms with Crippen LogP contribution in [0.1, 0.15) is 75.3 Å². The van der Waals surface area contributed by atoms with Crippen LogP contribution in [0.5, 0.6) is 5.75 Å². The Morgan fingerprint density at radius 2 is 1.74 bits per heavy atom. The van der Waals surface area contributed by atoms with Crippen LogP contribution in [0, 0.1) is 11.3 Å². The number of fused-ring (bicyclic) bond motifs is 6. The SMILES string of the molecule is CC[C@]1(O)C[C@H]2CN(CCc3c([nH]c4ccccc34)[C@](C(=O)OC)(c3cc4c(cc3OC)N[C@@H]3[C@](O)(C(=O)OC)[C@H](OC(C)=O)[C@]5(CC)C=CCN6CC[C@]43[C@H]65)C2)C1. The molecule has 13 heteroatoms. The van der Waals surface area contributed by atoms with Gasteiger partial charge in [0.05, 0.1) is 33.0 Å². The van der Waals surface area contributed by atoms with Crippen molar-refractivity contribution in [2.75, 3.05) is 59.4 Å². The summed E-state index contributed by atoms with van der Waals surface area (Å²) in [5.74, 6) is -1.61. The van der Waals surface area contributed by atoms with E-state index in [9.17, 15) is 19.8 Å². The minimum atomic E-state index is -2.31. The van der Waals surface area contributed by atoms with Crippen molar-refractivity contribution < 1.29 is 43.5 Å². The molecule has 310 valence electrons. The molecular formula is C45H56N4O9. The summed E-state index contributed by atoms with van der Waals surface area (Å²) in [5, 5.41) is 29.7. The fourth-order valence-corrected chi connectivity index (χ4v) is 13.0. The molecule has 1 spiro atoms. The molecule has 1 unspecified atom stereocenters. The topological polar surface area (TPSA) is 163 Å². The number of carbonyl (C=O) groups is 3. The van der Waals surface area contributed by atoms with E-state index in [1.807, 2.05) is 50.3 Å². The molecule has 58 heavy (non-hydrogen) atoms. The summed E-state index contributed by atoms with van der Waals surface area (Å²) < 4.78 is 23.7. The molecule has 5 aliphatic heterocycles. The molecule has 2 aromatic carbocycles. The zero-order chi connectivity index (χ0) is 41.0. The van der Waals surface area contributed by atoms with E-state index in [-0.39, 0.29) is 12.0 Å². The van der Waals surface area contributed by atoms with E-state index in [1.165, 1.54) is 21.1 Å². The summed E-state index contributed by atoms with van der Waals surface area (Å²) in [7, 11) is 4.25. The molecule has 3 aromatic rings. The summed E-state index contributed by atoms with van der Waals surface area (Å²) in [6, 6.07) is 10.8. The smallest absolute Gasteiger partial charge is 0.344 e. The van der Waals surface area contributed by atoms with Gasteiger partial charge in [-0.2, -0.15) is 0 Å². The lowest BCUT2D eigenvalue weighted by atomic mass is 9.47. The van der Waals surface area contributed by atoms with Crippen LogP contribution in [0.15, 0.2) is 48.6 Å². The molecule has 1 saturated carbocycles. The summed E-state index contributed by atoms with van der Waals surface area (Å²) in [6.07, 6.45) is 5.90. The maximum Gasteiger partial charge on any atom is 0.344 e. The molecule has 4 N–H and O–H groups in total.